The van der Waals surface area contributed by atoms with Gasteiger partial charge < -0.3 is 9.30 Å². The van der Waals surface area contributed by atoms with Crippen molar-refractivity contribution in [2.45, 2.75) is 32.7 Å². The highest BCUT2D eigenvalue weighted by Gasteiger charge is 2.23. The molecule has 1 aliphatic heterocycles. The van der Waals surface area contributed by atoms with Crippen molar-refractivity contribution in [3.63, 3.8) is 0 Å². The summed E-state index contributed by atoms with van der Waals surface area (Å²) in [5.74, 6) is 0.132. The van der Waals surface area contributed by atoms with Crippen LogP contribution in [0.3, 0.4) is 0 Å². The Labute approximate surface area is 166 Å². The predicted octanol–water partition coefficient (Wildman–Crippen LogP) is 3.59. The van der Waals surface area contributed by atoms with E-state index in [-0.39, 0.29) is 11.3 Å². The molecule has 3 heterocycles. The molecule has 5 heteroatoms. The number of hydrogen-bond donors (Lipinski definition) is 0. The number of amides is 1. The van der Waals surface area contributed by atoms with Crippen LogP contribution >= 0.6 is 0 Å². The molecular weight excluding hydrogens is 348 g/mol. The number of carbonyl (C=O) groups is 1. The van der Waals surface area contributed by atoms with Gasteiger partial charge in [-0.25, -0.2) is 4.98 Å². The summed E-state index contributed by atoms with van der Waals surface area (Å²) in [5, 5.41) is 0. The standard InChI is InChI=1S/C23H28N4O/c1-23(2,3)19-9-7-18(8-10-19)22(28)26-14-12-25(13-15-26)16-20-17-27-11-5-4-6-21(27)24-20/h4-11,17H,12-16H2,1-3H3. The van der Waals surface area contributed by atoms with Crippen LogP contribution in [0.25, 0.3) is 5.65 Å². The van der Waals surface area contributed by atoms with Gasteiger partial charge >= 0.3 is 0 Å². The van der Waals surface area contributed by atoms with Crippen LogP contribution in [0.5, 0.6) is 0 Å². The molecule has 1 aromatic carbocycles. The Hall–Kier alpha value is -2.66. The molecule has 0 unspecified atom stereocenters. The number of pyridine rings is 1. The first-order chi connectivity index (χ1) is 13.4. The maximum atomic E-state index is 12.8. The third-order valence-electron chi connectivity index (χ3n) is 5.46. The van der Waals surface area contributed by atoms with Gasteiger partial charge in [0.1, 0.15) is 5.65 Å². The number of benzene rings is 1. The highest BCUT2D eigenvalue weighted by molar-refractivity contribution is 5.94. The number of rotatable bonds is 3. The molecule has 0 bridgehead atoms. The Morgan fingerprint density at radius 3 is 2.36 bits per heavy atom. The molecule has 2 aromatic heterocycles. The van der Waals surface area contributed by atoms with Crippen molar-refractivity contribution in [3.8, 4) is 0 Å². The van der Waals surface area contributed by atoms with Gasteiger partial charge in [0, 0.05) is 50.7 Å². The van der Waals surface area contributed by atoms with Crippen LogP contribution in [-0.4, -0.2) is 51.3 Å². The molecular formula is C23H28N4O. The van der Waals surface area contributed by atoms with Crippen molar-refractivity contribution in [2.75, 3.05) is 26.2 Å². The third kappa shape index (κ3) is 3.94. The fourth-order valence-corrected chi connectivity index (χ4v) is 3.70. The summed E-state index contributed by atoms with van der Waals surface area (Å²) in [6.45, 7) is 10.6. The number of nitrogens with zero attached hydrogens (tertiary/aromatic N) is 4. The van der Waals surface area contributed by atoms with Crippen LogP contribution < -0.4 is 0 Å². The lowest BCUT2D eigenvalue weighted by molar-refractivity contribution is 0.0627. The average molecular weight is 377 g/mol. The Bertz CT molecular complexity index is 927. The smallest absolute Gasteiger partial charge is 0.253 e. The summed E-state index contributed by atoms with van der Waals surface area (Å²) in [5.41, 5.74) is 4.18. The quantitative estimate of drug-likeness (QED) is 0.701. The molecule has 0 aliphatic carbocycles. The summed E-state index contributed by atoms with van der Waals surface area (Å²) in [6, 6.07) is 14.1. The van der Waals surface area contributed by atoms with Crippen LogP contribution in [0.2, 0.25) is 0 Å². The Morgan fingerprint density at radius 2 is 1.71 bits per heavy atom. The third-order valence-corrected chi connectivity index (χ3v) is 5.46. The second kappa shape index (κ2) is 7.40. The van der Waals surface area contributed by atoms with Gasteiger partial charge in [-0.15, -0.1) is 0 Å². The van der Waals surface area contributed by atoms with E-state index in [1.54, 1.807) is 0 Å². The number of aromatic nitrogens is 2. The first-order valence-corrected chi connectivity index (χ1v) is 9.95. The van der Waals surface area contributed by atoms with E-state index in [1.165, 1.54) is 5.56 Å². The highest BCUT2D eigenvalue weighted by atomic mass is 16.2. The second-order valence-electron chi connectivity index (χ2n) is 8.59. The van der Waals surface area contributed by atoms with Crippen molar-refractivity contribution in [3.05, 3.63) is 71.7 Å². The lowest BCUT2D eigenvalue weighted by Crippen LogP contribution is -2.48. The van der Waals surface area contributed by atoms with E-state index in [1.807, 2.05) is 41.4 Å². The normalized spacial score (nSPS) is 15.9. The summed E-state index contributed by atoms with van der Waals surface area (Å²) in [7, 11) is 0. The lowest BCUT2D eigenvalue weighted by atomic mass is 9.86. The van der Waals surface area contributed by atoms with Gasteiger partial charge in [-0.2, -0.15) is 0 Å². The Balaban J connectivity index is 1.35. The topological polar surface area (TPSA) is 40.9 Å². The molecule has 146 valence electrons. The molecule has 1 aliphatic rings. The van der Waals surface area contributed by atoms with Crippen molar-refractivity contribution in [1.82, 2.24) is 19.2 Å². The fraction of sp³-hybridized carbons (Fsp3) is 0.391. The van der Waals surface area contributed by atoms with Gasteiger partial charge in [0.2, 0.25) is 0 Å². The van der Waals surface area contributed by atoms with Gasteiger partial charge in [-0.3, -0.25) is 9.69 Å². The summed E-state index contributed by atoms with van der Waals surface area (Å²) < 4.78 is 2.05. The maximum absolute atomic E-state index is 12.8. The van der Waals surface area contributed by atoms with Crippen LogP contribution in [0.4, 0.5) is 0 Å². The molecule has 0 spiro atoms. The maximum Gasteiger partial charge on any atom is 0.253 e. The van der Waals surface area contributed by atoms with E-state index < -0.39 is 0 Å². The average Bonchev–Trinajstić information content (AvgIpc) is 3.10. The predicted molar refractivity (Wildman–Crippen MR) is 112 cm³/mol. The Kier molecular flexibility index (Phi) is 4.94. The molecule has 5 nitrogen and oxygen atoms in total. The second-order valence-corrected chi connectivity index (χ2v) is 8.59. The van der Waals surface area contributed by atoms with Crippen molar-refractivity contribution >= 4 is 11.6 Å². The molecule has 4 rings (SSSR count). The molecule has 0 radical (unpaired) electrons. The molecule has 1 saturated heterocycles. The minimum absolute atomic E-state index is 0.102. The molecule has 28 heavy (non-hydrogen) atoms. The monoisotopic (exact) mass is 376 g/mol. The minimum atomic E-state index is 0.102. The van der Waals surface area contributed by atoms with E-state index in [2.05, 4.69) is 53.4 Å². The van der Waals surface area contributed by atoms with Gasteiger partial charge in [-0.1, -0.05) is 39.0 Å². The van der Waals surface area contributed by atoms with Gasteiger partial charge in [0.15, 0.2) is 0 Å². The van der Waals surface area contributed by atoms with Crippen LogP contribution in [-0.2, 0) is 12.0 Å². The fourth-order valence-electron chi connectivity index (χ4n) is 3.70. The van der Waals surface area contributed by atoms with Crippen LogP contribution in [0.15, 0.2) is 54.9 Å². The van der Waals surface area contributed by atoms with Gasteiger partial charge in [0.25, 0.3) is 5.91 Å². The van der Waals surface area contributed by atoms with Crippen molar-refractivity contribution < 1.29 is 4.79 Å². The van der Waals surface area contributed by atoms with E-state index in [4.69, 9.17) is 0 Å². The number of hydrogen-bond acceptors (Lipinski definition) is 3. The SMILES string of the molecule is CC(C)(C)c1ccc(C(=O)N2CCN(Cc3cn4ccccc4n3)CC2)cc1. The number of fused-ring (bicyclic) bond motifs is 1. The zero-order valence-corrected chi connectivity index (χ0v) is 16.9. The van der Waals surface area contributed by atoms with Gasteiger partial charge in [0.05, 0.1) is 5.69 Å². The van der Waals surface area contributed by atoms with Gasteiger partial charge in [-0.05, 0) is 35.2 Å². The lowest BCUT2D eigenvalue weighted by Gasteiger charge is -2.34. The zero-order valence-electron chi connectivity index (χ0n) is 16.9. The Morgan fingerprint density at radius 1 is 1.00 bits per heavy atom. The zero-order chi connectivity index (χ0) is 19.7. The van der Waals surface area contributed by atoms with Crippen LogP contribution in [0.1, 0.15) is 42.4 Å². The van der Waals surface area contributed by atoms with E-state index >= 15 is 0 Å². The first-order valence-electron chi connectivity index (χ1n) is 9.95. The highest BCUT2D eigenvalue weighted by Crippen LogP contribution is 2.22. The number of imidazole rings is 1. The molecule has 3 aromatic rings. The number of piperazine rings is 1. The summed E-state index contributed by atoms with van der Waals surface area (Å²) in [6.07, 6.45) is 4.11. The van der Waals surface area contributed by atoms with Crippen molar-refractivity contribution in [2.24, 2.45) is 0 Å². The van der Waals surface area contributed by atoms with Crippen molar-refractivity contribution in [1.29, 1.82) is 0 Å². The van der Waals surface area contributed by atoms with E-state index in [0.29, 0.717) is 0 Å². The molecule has 0 atom stereocenters. The number of carbonyl (C=O) groups excluding carboxylic acids is 1. The largest absolute Gasteiger partial charge is 0.336 e. The summed E-state index contributed by atoms with van der Waals surface area (Å²) in [4.78, 5) is 21.8. The van der Waals surface area contributed by atoms with E-state index in [9.17, 15) is 4.79 Å². The molecule has 1 amide bonds. The summed E-state index contributed by atoms with van der Waals surface area (Å²) >= 11 is 0. The first kappa shape index (κ1) is 18.7. The van der Waals surface area contributed by atoms with E-state index in [0.717, 1.165) is 49.6 Å². The minimum Gasteiger partial charge on any atom is -0.336 e. The molecule has 1 fully saturated rings. The molecule has 0 N–H and O–H groups in total. The van der Waals surface area contributed by atoms with Crippen LogP contribution in [0, 0.1) is 0 Å². The molecule has 0 saturated carbocycles.